The second kappa shape index (κ2) is 17.3. The van der Waals surface area contributed by atoms with Crippen molar-refractivity contribution in [3.05, 3.63) is 145 Å². The first-order chi connectivity index (χ1) is 22.7. The van der Waals surface area contributed by atoms with Crippen LogP contribution in [0.2, 0.25) is 0 Å². The molecule has 6 rings (SSSR count). The minimum Gasteiger partial charge on any atom is -0.241 e. The molecule has 0 N–H and O–H groups in total. The molecule has 6 nitrogen and oxygen atoms in total. The Bertz CT molecular complexity index is 1640. The number of rotatable bonds is 3. The number of hydrogen-bond acceptors (Lipinski definition) is 6. The Morgan fingerprint density at radius 1 is 0.327 bits per heavy atom. The van der Waals surface area contributed by atoms with Gasteiger partial charge in [-0.25, -0.2) is 29.9 Å². The molecule has 6 aromatic rings. The van der Waals surface area contributed by atoms with E-state index in [1.54, 1.807) is 19.0 Å². The smallest absolute Gasteiger partial charge is 0.241 e. The predicted octanol–water partition coefficient (Wildman–Crippen LogP) is 10.3. The van der Waals surface area contributed by atoms with Gasteiger partial charge in [0, 0.05) is 50.0 Å². The van der Waals surface area contributed by atoms with Gasteiger partial charge in [-0.15, -0.1) is 0 Å². The van der Waals surface area contributed by atoms with Crippen molar-refractivity contribution in [1.29, 1.82) is 0 Å². The first kappa shape index (κ1) is 39.0. The summed E-state index contributed by atoms with van der Waals surface area (Å²) in [7, 11) is 0. The molecular weight excluding hydrogens is 781 g/mol. The molecule has 49 heavy (non-hydrogen) atoms. The summed E-state index contributed by atoms with van der Waals surface area (Å²) < 4.78 is 0. The number of hydrogen-bond donors (Lipinski definition) is 0. The van der Waals surface area contributed by atoms with Crippen LogP contribution in [0.25, 0.3) is 33.8 Å². The maximum Gasteiger partial charge on any atom is 3.00 e. The standard InChI is InChI=1S/3C14H16N2.Ir/c3*1-14(2,3)13-9-12(15-10-16-13)11-7-5-4-6-8-11;/h3*4-10H,1-3H3;/q;;;+3. The van der Waals surface area contributed by atoms with E-state index in [1.165, 1.54) is 0 Å². The minimum atomic E-state index is 0. The molecular formula is C42H48IrN6+3. The molecule has 7 heteroatoms. The Hall–Kier alpha value is -4.45. The fourth-order valence-corrected chi connectivity index (χ4v) is 4.60. The zero-order chi connectivity index (χ0) is 34.8. The van der Waals surface area contributed by atoms with Gasteiger partial charge in [0.15, 0.2) is 0 Å². The number of aromatic nitrogens is 6. The molecule has 0 aliphatic heterocycles. The molecule has 0 bridgehead atoms. The van der Waals surface area contributed by atoms with E-state index in [9.17, 15) is 0 Å². The van der Waals surface area contributed by atoms with Crippen LogP contribution < -0.4 is 0 Å². The fourth-order valence-electron chi connectivity index (χ4n) is 4.60. The summed E-state index contributed by atoms with van der Waals surface area (Å²) >= 11 is 0. The molecule has 0 saturated heterocycles. The van der Waals surface area contributed by atoms with Gasteiger partial charge in [0.2, 0.25) is 0 Å². The zero-order valence-corrected chi connectivity index (χ0v) is 32.5. The van der Waals surface area contributed by atoms with E-state index in [2.05, 4.69) is 147 Å². The van der Waals surface area contributed by atoms with E-state index in [0.717, 1.165) is 50.9 Å². The minimum absolute atomic E-state index is 0. The molecule has 0 fully saturated rings. The average Bonchev–Trinajstić information content (AvgIpc) is 3.09. The molecule has 0 saturated carbocycles. The first-order valence-corrected chi connectivity index (χ1v) is 16.4. The van der Waals surface area contributed by atoms with E-state index in [1.807, 2.05) is 54.6 Å². The molecule has 3 heterocycles. The quantitative estimate of drug-likeness (QED) is 0.177. The van der Waals surface area contributed by atoms with Crippen molar-refractivity contribution >= 4 is 0 Å². The molecule has 0 spiro atoms. The van der Waals surface area contributed by atoms with Crippen LogP contribution in [0, 0.1) is 0 Å². The van der Waals surface area contributed by atoms with Crippen LogP contribution in [0.4, 0.5) is 0 Å². The third kappa shape index (κ3) is 11.9. The third-order valence-corrected chi connectivity index (χ3v) is 7.52. The van der Waals surface area contributed by atoms with Crippen LogP contribution in [-0.4, -0.2) is 29.9 Å². The van der Waals surface area contributed by atoms with Crippen LogP contribution in [0.5, 0.6) is 0 Å². The van der Waals surface area contributed by atoms with Crippen molar-refractivity contribution < 1.29 is 20.1 Å². The molecule has 0 atom stereocenters. The normalized spacial score (nSPS) is 11.2. The molecule has 0 aliphatic rings. The Morgan fingerprint density at radius 3 is 0.755 bits per heavy atom. The SMILES string of the molecule is CC(C)(C)c1cc(-c2ccccc2)ncn1.CC(C)(C)c1cc(-c2ccccc2)ncn1.CC(C)(C)c1cc(-c2ccccc2)ncn1.[Ir+3]. The molecule has 0 unspecified atom stereocenters. The Kier molecular flexibility index (Phi) is 13.8. The molecule has 252 valence electrons. The molecule has 0 aliphatic carbocycles. The number of benzene rings is 3. The van der Waals surface area contributed by atoms with E-state index >= 15 is 0 Å². The van der Waals surface area contributed by atoms with Crippen molar-refractivity contribution in [2.45, 2.75) is 78.6 Å². The summed E-state index contributed by atoms with van der Waals surface area (Å²) in [5.74, 6) is 0. The van der Waals surface area contributed by atoms with Gasteiger partial charge in [0.05, 0.1) is 17.1 Å². The largest absolute Gasteiger partial charge is 3.00 e. The molecule has 3 aromatic heterocycles. The summed E-state index contributed by atoms with van der Waals surface area (Å²) in [6.45, 7) is 19.4. The Labute approximate surface area is 306 Å². The molecule has 0 amide bonds. The topological polar surface area (TPSA) is 77.3 Å². The van der Waals surface area contributed by atoms with Gasteiger partial charge in [0.25, 0.3) is 0 Å². The van der Waals surface area contributed by atoms with E-state index < -0.39 is 0 Å². The second-order valence-electron chi connectivity index (χ2n) is 14.7. The molecule has 0 radical (unpaired) electrons. The average molecular weight is 829 g/mol. The van der Waals surface area contributed by atoms with Gasteiger partial charge in [-0.05, 0) is 18.2 Å². The summed E-state index contributed by atoms with van der Waals surface area (Å²) in [6.07, 6.45) is 4.93. The van der Waals surface area contributed by atoms with Crippen LogP contribution in [-0.2, 0) is 36.4 Å². The number of nitrogens with zero attached hydrogens (tertiary/aromatic N) is 6. The summed E-state index contributed by atoms with van der Waals surface area (Å²) in [5.41, 5.74) is 9.76. The van der Waals surface area contributed by atoms with Crippen molar-refractivity contribution in [1.82, 2.24) is 29.9 Å². The van der Waals surface area contributed by atoms with Crippen molar-refractivity contribution in [3.63, 3.8) is 0 Å². The van der Waals surface area contributed by atoms with Gasteiger partial charge in [-0.1, -0.05) is 153 Å². The van der Waals surface area contributed by atoms with Crippen LogP contribution in [0.3, 0.4) is 0 Å². The predicted molar refractivity (Wildman–Crippen MR) is 199 cm³/mol. The maximum atomic E-state index is 4.33. The van der Waals surface area contributed by atoms with Crippen molar-refractivity contribution in [2.24, 2.45) is 0 Å². The van der Waals surface area contributed by atoms with E-state index in [4.69, 9.17) is 0 Å². The van der Waals surface area contributed by atoms with Crippen molar-refractivity contribution in [3.8, 4) is 33.8 Å². The van der Waals surface area contributed by atoms with Crippen LogP contribution >= 0.6 is 0 Å². The fraction of sp³-hybridized carbons (Fsp3) is 0.286. The second-order valence-corrected chi connectivity index (χ2v) is 14.7. The van der Waals surface area contributed by atoms with Gasteiger partial charge in [-0.3, -0.25) is 0 Å². The summed E-state index contributed by atoms with van der Waals surface area (Å²) in [6, 6.07) is 36.7. The Balaban J connectivity index is 0.000000197. The monoisotopic (exact) mass is 829 g/mol. The third-order valence-electron chi connectivity index (χ3n) is 7.52. The molecule has 3 aromatic carbocycles. The summed E-state index contributed by atoms with van der Waals surface area (Å²) in [4.78, 5) is 25.9. The van der Waals surface area contributed by atoms with Crippen molar-refractivity contribution in [2.75, 3.05) is 0 Å². The van der Waals surface area contributed by atoms with Gasteiger partial charge in [0.1, 0.15) is 19.0 Å². The maximum absolute atomic E-state index is 4.33. The van der Waals surface area contributed by atoms with Gasteiger partial charge in [-0.2, -0.15) is 0 Å². The first-order valence-electron chi connectivity index (χ1n) is 16.4. The van der Waals surface area contributed by atoms with Gasteiger partial charge >= 0.3 is 20.1 Å². The van der Waals surface area contributed by atoms with Gasteiger partial charge < -0.3 is 0 Å². The zero-order valence-electron chi connectivity index (χ0n) is 30.1. The summed E-state index contributed by atoms with van der Waals surface area (Å²) in [5, 5.41) is 0. The van der Waals surface area contributed by atoms with Crippen LogP contribution in [0.1, 0.15) is 79.4 Å². The van der Waals surface area contributed by atoms with E-state index in [0.29, 0.717) is 0 Å². The van der Waals surface area contributed by atoms with E-state index in [-0.39, 0.29) is 36.4 Å². The van der Waals surface area contributed by atoms with Crippen LogP contribution in [0.15, 0.2) is 128 Å². The Morgan fingerprint density at radius 2 is 0.551 bits per heavy atom.